The van der Waals surface area contributed by atoms with E-state index in [1.165, 1.54) is 6.42 Å². The van der Waals surface area contributed by atoms with Crippen LogP contribution in [0.3, 0.4) is 0 Å². The first kappa shape index (κ1) is 14.9. The lowest BCUT2D eigenvalue weighted by molar-refractivity contribution is -0.175. The molecule has 18 heavy (non-hydrogen) atoms. The Morgan fingerprint density at radius 1 is 1.17 bits per heavy atom. The van der Waals surface area contributed by atoms with Crippen LogP contribution in [-0.4, -0.2) is 31.1 Å². The molecule has 0 bridgehead atoms. The van der Waals surface area contributed by atoms with Crippen LogP contribution in [0.4, 0.5) is 8.78 Å². The third kappa shape index (κ3) is 5.42. The molecule has 0 aromatic rings. The fourth-order valence-corrected chi connectivity index (χ4v) is 1.86. The molecule has 0 radical (unpaired) electrons. The predicted molar refractivity (Wildman–Crippen MR) is 59.1 cm³/mol. The van der Waals surface area contributed by atoms with Crippen molar-refractivity contribution in [2.24, 2.45) is 5.92 Å². The van der Waals surface area contributed by atoms with Gasteiger partial charge in [0.05, 0.1) is 6.61 Å². The number of hydrogen-bond acceptors (Lipinski definition) is 4. The molecule has 0 spiro atoms. The lowest BCUT2D eigenvalue weighted by atomic mass is 9.90. The molecule has 4 nitrogen and oxygen atoms in total. The second-order valence-electron chi connectivity index (χ2n) is 4.65. The number of alkyl halides is 2. The minimum Gasteiger partial charge on any atom is -0.463 e. The Hall–Kier alpha value is -1.20. The van der Waals surface area contributed by atoms with Crippen molar-refractivity contribution in [1.82, 2.24) is 0 Å². The Balaban J connectivity index is 2.15. The summed E-state index contributed by atoms with van der Waals surface area (Å²) in [6.45, 7) is -0.0589. The van der Waals surface area contributed by atoms with E-state index in [0.717, 1.165) is 25.7 Å². The third-order valence-corrected chi connectivity index (χ3v) is 2.88. The van der Waals surface area contributed by atoms with Crippen LogP contribution in [0.15, 0.2) is 0 Å². The average Bonchev–Trinajstić information content (AvgIpc) is 2.33. The van der Waals surface area contributed by atoms with Crippen molar-refractivity contribution < 1.29 is 27.8 Å². The van der Waals surface area contributed by atoms with Gasteiger partial charge in [-0.2, -0.15) is 8.78 Å². The molecule has 1 saturated carbocycles. The highest BCUT2D eigenvalue weighted by molar-refractivity contribution is 5.80. The SMILES string of the molecule is CC(F)(F)C(=O)OCC(=O)OCC1CCCCC1. The Morgan fingerprint density at radius 3 is 2.33 bits per heavy atom. The van der Waals surface area contributed by atoms with E-state index < -0.39 is 24.5 Å². The predicted octanol–water partition coefficient (Wildman–Crippen LogP) is 2.31. The zero-order valence-corrected chi connectivity index (χ0v) is 10.4. The number of carbonyl (C=O) groups excluding carboxylic acids is 2. The van der Waals surface area contributed by atoms with E-state index in [9.17, 15) is 18.4 Å². The summed E-state index contributed by atoms with van der Waals surface area (Å²) in [6.07, 6.45) is 5.48. The van der Waals surface area contributed by atoms with Crippen molar-refractivity contribution in [1.29, 1.82) is 0 Å². The van der Waals surface area contributed by atoms with Crippen LogP contribution in [-0.2, 0) is 19.1 Å². The Kier molecular flexibility index (Phi) is 5.50. The summed E-state index contributed by atoms with van der Waals surface area (Å²) in [4.78, 5) is 21.9. The van der Waals surface area contributed by atoms with Crippen LogP contribution in [0, 0.1) is 5.92 Å². The van der Waals surface area contributed by atoms with Gasteiger partial charge < -0.3 is 9.47 Å². The summed E-state index contributed by atoms with van der Waals surface area (Å²) in [7, 11) is 0. The first-order chi connectivity index (χ1) is 8.39. The van der Waals surface area contributed by atoms with E-state index >= 15 is 0 Å². The van der Waals surface area contributed by atoms with Gasteiger partial charge in [0, 0.05) is 6.92 Å². The number of hydrogen-bond donors (Lipinski definition) is 0. The van der Waals surface area contributed by atoms with Crippen LogP contribution in [0.25, 0.3) is 0 Å². The summed E-state index contributed by atoms with van der Waals surface area (Å²) in [5, 5.41) is 0. The van der Waals surface area contributed by atoms with Crippen molar-refractivity contribution in [3.05, 3.63) is 0 Å². The zero-order chi connectivity index (χ0) is 13.6. The molecule has 1 aliphatic carbocycles. The molecule has 0 atom stereocenters. The lowest BCUT2D eigenvalue weighted by Gasteiger charge is -2.21. The van der Waals surface area contributed by atoms with Crippen LogP contribution in [0.5, 0.6) is 0 Å². The monoisotopic (exact) mass is 264 g/mol. The molecule has 1 fully saturated rings. The van der Waals surface area contributed by atoms with Gasteiger partial charge in [-0.05, 0) is 18.8 Å². The molecule has 1 aliphatic rings. The summed E-state index contributed by atoms with van der Waals surface area (Å²) < 4.78 is 33.9. The molecule has 0 aliphatic heterocycles. The maximum absolute atomic E-state index is 12.4. The van der Waals surface area contributed by atoms with E-state index in [0.29, 0.717) is 12.8 Å². The average molecular weight is 264 g/mol. The molecule has 1 rings (SSSR count). The van der Waals surface area contributed by atoms with E-state index in [-0.39, 0.29) is 6.61 Å². The van der Waals surface area contributed by atoms with Gasteiger partial charge in [0.25, 0.3) is 0 Å². The van der Waals surface area contributed by atoms with Gasteiger partial charge in [0.1, 0.15) is 0 Å². The minimum atomic E-state index is -3.58. The minimum absolute atomic E-state index is 0.277. The Morgan fingerprint density at radius 2 is 1.78 bits per heavy atom. The molecule has 104 valence electrons. The van der Waals surface area contributed by atoms with E-state index in [1.807, 2.05) is 0 Å². The molecule has 0 unspecified atom stereocenters. The van der Waals surface area contributed by atoms with Crippen molar-refractivity contribution >= 4 is 11.9 Å². The molecule has 0 aromatic heterocycles. The van der Waals surface area contributed by atoms with E-state index in [1.54, 1.807) is 0 Å². The van der Waals surface area contributed by atoms with Gasteiger partial charge in [0.15, 0.2) is 6.61 Å². The second kappa shape index (κ2) is 6.66. The van der Waals surface area contributed by atoms with Crippen molar-refractivity contribution in [2.75, 3.05) is 13.2 Å². The van der Waals surface area contributed by atoms with Gasteiger partial charge in [-0.3, -0.25) is 0 Å². The molecule has 0 N–H and O–H groups in total. The van der Waals surface area contributed by atoms with Gasteiger partial charge in [-0.1, -0.05) is 19.3 Å². The fourth-order valence-electron chi connectivity index (χ4n) is 1.86. The normalized spacial score (nSPS) is 17.3. The zero-order valence-electron chi connectivity index (χ0n) is 10.4. The molecular weight excluding hydrogens is 246 g/mol. The third-order valence-electron chi connectivity index (χ3n) is 2.88. The van der Waals surface area contributed by atoms with Gasteiger partial charge in [-0.25, -0.2) is 9.59 Å². The quantitative estimate of drug-likeness (QED) is 0.715. The molecular formula is C12H18F2O4. The van der Waals surface area contributed by atoms with Crippen LogP contribution in [0.1, 0.15) is 39.0 Å². The Bertz CT molecular complexity index is 293. The molecule has 0 heterocycles. The smallest absolute Gasteiger partial charge is 0.377 e. The number of carbonyl (C=O) groups is 2. The largest absolute Gasteiger partial charge is 0.463 e. The molecule has 0 aromatic carbocycles. The molecule has 6 heteroatoms. The number of ether oxygens (including phenoxy) is 2. The highest BCUT2D eigenvalue weighted by Crippen LogP contribution is 2.23. The number of esters is 2. The standard InChI is InChI=1S/C12H18F2O4/c1-12(13,14)11(16)18-8-10(15)17-7-9-5-3-2-4-6-9/h9H,2-8H2,1H3. The Labute approximate surface area is 105 Å². The summed E-state index contributed by atoms with van der Waals surface area (Å²) in [5.41, 5.74) is 0. The van der Waals surface area contributed by atoms with E-state index in [4.69, 9.17) is 4.74 Å². The maximum Gasteiger partial charge on any atom is 0.377 e. The lowest BCUT2D eigenvalue weighted by Crippen LogP contribution is -2.30. The fraction of sp³-hybridized carbons (Fsp3) is 0.833. The summed E-state index contributed by atoms with van der Waals surface area (Å²) >= 11 is 0. The molecule has 0 amide bonds. The first-order valence-corrected chi connectivity index (χ1v) is 6.10. The number of halogens is 2. The van der Waals surface area contributed by atoms with Gasteiger partial charge >= 0.3 is 17.9 Å². The highest BCUT2D eigenvalue weighted by Gasteiger charge is 2.34. The van der Waals surface area contributed by atoms with Crippen molar-refractivity contribution in [3.8, 4) is 0 Å². The van der Waals surface area contributed by atoms with Crippen LogP contribution in [0.2, 0.25) is 0 Å². The topological polar surface area (TPSA) is 52.6 Å². The van der Waals surface area contributed by atoms with Gasteiger partial charge in [-0.15, -0.1) is 0 Å². The van der Waals surface area contributed by atoms with Crippen LogP contribution < -0.4 is 0 Å². The van der Waals surface area contributed by atoms with Crippen molar-refractivity contribution in [3.63, 3.8) is 0 Å². The maximum atomic E-state index is 12.4. The molecule has 0 saturated heterocycles. The second-order valence-corrected chi connectivity index (χ2v) is 4.65. The summed E-state index contributed by atoms with van der Waals surface area (Å²) in [6, 6.07) is 0. The first-order valence-electron chi connectivity index (χ1n) is 6.10. The van der Waals surface area contributed by atoms with Gasteiger partial charge in [0.2, 0.25) is 0 Å². The highest BCUT2D eigenvalue weighted by atomic mass is 19.3. The summed E-state index contributed by atoms with van der Waals surface area (Å²) in [5.74, 6) is -5.73. The number of rotatable bonds is 5. The van der Waals surface area contributed by atoms with Crippen LogP contribution >= 0.6 is 0 Å². The van der Waals surface area contributed by atoms with Crippen molar-refractivity contribution in [2.45, 2.75) is 45.0 Å². The van der Waals surface area contributed by atoms with E-state index in [2.05, 4.69) is 4.74 Å².